The molecule has 5 nitrogen and oxygen atoms in total. The zero-order valence-electron chi connectivity index (χ0n) is 15.6. The molecule has 1 aliphatic rings. The number of carbonyl (C=O) groups is 2. The smallest absolute Gasteiger partial charge is 0.283 e. The van der Waals surface area contributed by atoms with Crippen molar-refractivity contribution in [3.05, 3.63) is 63.8 Å². The zero-order chi connectivity index (χ0) is 20.3. The number of rotatable bonds is 7. The van der Waals surface area contributed by atoms with E-state index >= 15 is 0 Å². The largest absolute Gasteiger partial charge is 0.495 e. The summed E-state index contributed by atoms with van der Waals surface area (Å²) in [6.07, 6.45) is 3.25. The van der Waals surface area contributed by atoms with Gasteiger partial charge in [-0.15, -0.1) is 0 Å². The normalized spacial score (nSPS) is 14.1. The van der Waals surface area contributed by atoms with E-state index in [4.69, 9.17) is 27.9 Å². The molecule has 0 saturated heterocycles. The van der Waals surface area contributed by atoms with Gasteiger partial charge in [0.1, 0.15) is 16.5 Å². The summed E-state index contributed by atoms with van der Waals surface area (Å²) >= 11 is 12.2. The molecule has 0 bridgehead atoms. The number of nitrogens with one attached hydrogen (secondary N) is 1. The van der Waals surface area contributed by atoms with Crippen LogP contribution in [0.4, 0.5) is 11.4 Å². The second kappa shape index (κ2) is 8.67. The molecule has 0 aromatic heterocycles. The molecule has 7 heteroatoms. The SMILES string of the molecule is CCCCc1ccc(NC2=C(Cl)C(=O)N(c3cc(Cl)ccc3OC)C2=O)cc1. The van der Waals surface area contributed by atoms with Crippen molar-refractivity contribution >= 4 is 46.4 Å². The highest BCUT2D eigenvalue weighted by molar-refractivity contribution is 6.53. The number of anilines is 2. The summed E-state index contributed by atoms with van der Waals surface area (Å²) in [6.45, 7) is 2.15. The number of hydrogen-bond donors (Lipinski definition) is 1. The average Bonchev–Trinajstić information content (AvgIpc) is 2.90. The van der Waals surface area contributed by atoms with E-state index in [2.05, 4.69) is 12.2 Å². The lowest BCUT2D eigenvalue weighted by molar-refractivity contribution is -0.120. The van der Waals surface area contributed by atoms with Crippen LogP contribution in [0.2, 0.25) is 5.02 Å². The van der Waals surface area contributed by atoms with Gasteiger partial charge in [-0.1, -0.05) is 48.7 Å². The Labute approximate surface area is 173 Å². The Morgan fingerprint density at radius 3 is 2.39 bits per heavy atom. The number of hydrogen-bond acceptors (Lipinski definition) is 4. The molecule has 0 unspecified atom stereocenters. The lowest BCUT2D eigenvalue weighted by atomic mass is 10.1. The predicted octanol–water partition coefficient (Wildman–Crippen LogP) is 5.13. The molecule has 2 aromatic carbocycles. The van der Waals surface area contributed by atoms with Gasteiger partial charge in [0.05, 0.1) is 12.8 Å². The van der Waals surface area contributed by atoms with Gasteiger partial charge in [-0.3, -0.25) is 9.59 Å². The third-order valence-corrected chi connectivity index (χ3v) is 5.04. The van der Waals surface area contributed by atoms with Crippen molar-refractivity contribution in [3.8, 4) is 5.75 Å². The highest BCUT2D eigenvalue weighted by Gasteiger charge is 2.40. The maximum Gasteiger partial charge on any atom is 0.283 e. The monoisotopic (exact) mass is 418 g/mol. The van der Waals surface area contributed by atoms with Gasteiger partial charge in [-0.25, -0.2) is 4.90 Å². The topological polar surface area (TPSA) is 58.6 Å². The number of ether oxygens (including phenoxy) is 1. The van der Waals surface area contributed by atoms with E-state index in [1.807, 2.05) is 24.3 Å². The molecule has 1 heterocycles. The van der Waals surface area contributed by atoms with Crippen molar-refractivity contribution in [2.75, 3.05) is 17.3 Å². The predicted molar refractivity (Wildman–Crippen MR) is 112 cm³/mol. The molecule has 0 atom stereocenters. The van der Waals surface area contributed by atoms with Crippen LogP contribution < -0.4 is 15.0 Å². The third-order valence-electron chi connectivity index (χ3n) is 4.45. The van der Waals surface area contributed by atoms with Gasteiger partial charge in [-0.2, -0.15) is 0 Å². The van der Waals surface area contributed by atoms with E-state index in [0.29, 0.717) is 16.5 Å². The molecule has 1 N–H and O–H groups in total. The molecule has 2 aromatic rings. The standard InChI is InChI=1S/C21H20Cl2N2O3/c1-3-4-5-13-6-9-15(10-7-13)24-19-18(23)20(26)25(21(19)27)16-12-14(22)8-11-17(16)28-2/h6-12,24H,3-5H2,1-2H3. The highest BCUT2D eigenvalue weighted by Crippen LogP contribution is 2.37. The Hall–Kier alpha value is -2.50. The Bertz CT molecular complexity index is 939. The minimum Gasteiger partial charge on any atom is -0.495 e. The summed E-state index contributed by atoms with van der Waals surface area (Å²) in [4.78, 5) is 26.5. The van der Waals surface area contributed by atoms with Crippen LogP contribution in [-0.4, -0.2) is 18.9 Å². The zero-order valence-corrected chi connectivity index (χ0v) is 17.1. The van der Waals surface area contributed by atoms with Gasteiger partial charge >= 0.3 is 0 Å². The molecule has 2 amide bonds. The van der Waals surface area contributed by atoms with Crippen LogP contribution in [0, 0.1) is 0 Å². The molecule has 0 aliphatic carbocycles. The number of amides is 2. The van der Waals surface area contributed by atoms with Crippen molar-refractivity contribution in [2.45, 2.75) is 26.2 Å². The van der Waals surface area contributed by atoms with E-state index in [-0.39, 0.29) is 16.4 Å². The Morgan fingerprint density at radius 1 is 1.04 bits per heavy atom. The van der Waals surface area contributed by atoms with E-state index in [1.54, 1.807) is 12.1 Å². The van der Waals surface area contributed by atoms with Crippen LogP contribution in [0.3, 0.4) is 0 Å². The molecular formula is C21H20Cl2N2O3. The molecule has 0 saturated carbocycles. The number of benzene rings is 2. The molecular weight excluding hydrogens is 399 g/mol. The van der Waals surface area contributed by atoms with Crippen LogP contribution >= 0.6 is 23.2 Å². The summed E-state index contributed by atoms with van der Waals surface area (Å²) in [5, 5.41) is 3.16. The second-order valence-corrected chi connectivity index (χ2v) is 7.19. The number of aryl methyl sites for hydroxylation is 1. The first-order valence-corrected chi connectivity index (χ1v) is 9.70. The number of methoxy groups -OCH3 is 1. The first kappa shape index (κ1) is 20.2. The van der Waals surface area contributed by atoms with Gasteiger partial charge in [0.25, 0.3) is 11.8 Å². The van der Waals surface area contributed by atoms with E-state index in [9.17, 15) is 9.59 Å². The maximum atomic E-state index is 12.9. The third kappa shape index (κ3) is 4.01. The lowest BCUT2D eigenvalue weighted by Crippen LogP contribution is -2.32. The van der Waals surface area contributed by atoms with E-state index in [1.165, 1.54) is 18.7 Å². The Morgan fingerprint density at radius 2 is 1.75 bits per heavy atom. The summed E-state index contributed by atoms with van der Waals surface area (Å²) < 4.78 is 5.26. The molecule has 3 rings (SSSR count). The number of halogens is 2. The minimum atomic E-state index is -0.630. The van der Waals surface area contributed by atoms with Gasteiger partial charge in [-0.05, 0) is 48.7 Å². The van der Waals surface area contributed by atoms with Crippen LogP contribution in [0.1, 0.15) is 25.3 Å². The molecule has 28 heavy (non-hydrogen) atoms. The van der Waals surface area contributed by atoms with Gasteiger partial charge in [0.2, 0.25) is 0 Å². The van der Waals surface area contributed by atoms with Crippen LogP contribution in [0.25, 0.3) is 0 Å². The maximum absolute atomic E-state index is 12.9. The van der Waals surface area contributed by atoms with Crippen LogP contribution in [0.15, 0.2) is 53.2 Å². The fourth-order valence-corrected chi connectivity index (χ4v) is 3.33. The van der Waals surface area contributed by atoms with E-state index in [0.717, 1.165) is 24.2 Å². The molecule has 0 fully saturated rings. The second-order valence-electron chi connectivity index (χ2n) is 6.38. The Balaban J connectivity index is 1.85. The first-order chi connectivity index (χ1) is 13.5. The van der Waals surface area contributed by atoms with Crippen molar-refractivity contribution in [2.24, 2.45) is 0 Å². The fourth-order valence-electron chi connectivity index (χ4n) is 2.95. The molecule has 146 valence electrons. The average molecular weight is 419 g/mol. The number of imide groups is 1. The van der Waals surface area contributed by atoms with Crippen molar-refractivity contribution in [1.82, 2.24) is 0 Å². The van der Waals surface area contributed by atoms with Crippen molar-refractivity contribution in [3.63, 3.8) is 0 Å². The quantitative estimate of drug-likeness (QED) is 0.633. The minimum absolute atomic E-state index is 0.0232. The summed E-state index contributed by atoms with van der Waals surface area (Å²) in [5.74, 6) is -0.850. The van der Waals surface area contributed by atoms with Gasteiger partial charge in [0.15, 0.2) is 0 Å². The highest BCUT2D eigenvalue weighted by atomic mass is 35.5. The lowest BCUT2D eigenvalue weighted by Gasteiger charge is -2.18. The molecule has 0 spiro atoms. The number of nitrogens with zero attached hydrogens (tertiary/aromatic N) is 1. The number of carbonyl (C=O) groups excluding carboxylic acids is 2. The van der Waals surface area contributed by atoms with Crippen LogP contribution in [-0.2, 0) is 16.0 Å². The fraction of sp³-hybridized carbons (Fsp3) is 0.238. The molecule has 0 radical (unpaired) electrons. The van der Waals surface area contributed by atoms with Crippen LogP contribution in [0.5, 0.6) is 5.75 Å². The summed E-state index contributed by atoms with van der Waals surface area (Å²) in [6, 6.07) is 12.4. The number of unbranched alkanes of at least 4 members (excludes halogenated alkanes) is 1. The summed E-state index contributed by atoms with van der Waals surface area (Å²) in [5.41, 5.74) is 2.16. The molecule has 1 aliphatic heterocycles. The summed E-state index contributed by atoms with van der Waals surface area (Å²) in [7, 11) is 1.45. The Kier molecular flexibility index (Phi) is 6.27. The van der Waals surface area contributed by atoms with Gasteiger partial charge in [0, 0.05) is 10.7 Å². The first-order valence-electron chi connectivity index (χ1n) is 8.94. The van der Waals surface area contributed by atoms with E-state index < -0.39 is 11.8 Å². The van der Waals surface area contributed by atoms with Crippen molar-refractivity contribution in [1.29, 1.82) is 0 Å². The van der Waals surface area contributed by atoms with Crippen molar-refractivity contribution < 1.29 is 14.3 Å². The van der Waals surface area contributed by atoms with Gasteiger partial charge < -0.3 is 10.1 Å².